The summed E-state index contributed by atoms with van der Waals surface area (Å²) in [4.78, 5) is 27.1. The van der Waals surface area contributed by atoms with Crippen LogP contribution in [0.2, 0.25) is 0 Å². The fraction of sp³-hybridized carbons (Fsp3) is 0.786. The van der Waals surface area contributed by atoms with Crippen LogP contribution in [0.25, 0.3) is 0 Å². The van der Waals surface area contributed by atoms with Crippen LogP contribution in [-0.4, -0.2) is 36.3 Å². The molecule has 4 saturated carbocycles. The maximum atomic E-state index is 12.7. The number of carbonyl (C=O) groups is 2. The van der Waals surface area contributed by atoms with E-state index in [0.717, 1.165) is 42.6 Å². The molecule has 0 unspecified atom stereocenters. The Hall–Kier alpha value is -0.850. The Labute approximate surface area is 217 Å². The van der Waals surface area contributed by atoms with E-state index in [4.69, 9.17) is 4.74 Å². The predicted octanol–water partition coefficient (Wildman–Crippen LogP) is 2.54. The van der Waals surface area contributed by atoms with Crippen molar-refractivity contribution in [2.45, 2.75) is 84.7 Å². The lowest BCUT2D eigenvalue weighted by atomic mass is 9.44. The molecule has 0 radical (unpaired) electrons. The first-order valence-electron chi connectivity index (χ1n) is 13.0. The summed E-state index contributed by atoms with van der Waals surface area (Å²) in [5, 5.41) is 0. The van der Waals surface area contributed by atoms with Gasteiger partial charge in [-0.3, -0.25) is 4.79 Å². The summed E-state index contributed by atoms with van der Waals surface area (Å²) in [6.07, 6.45) is 16.5. The van der Waals surface area contributed by atoms with E-state index in [1.807, 2.05) is 37.2 Å². The van der Waals surface area contributed by atoms with Crippen LogP contribution in [0, 0.1) is 40.4 Å². The molecule has 0 N–H and O–H groups in total. The van der Waals surface area contributed by atoms with Gasteiger partial charge in [-0.2, -0.15) is 0 Å². The number of halogens is 1. The molecular weight excluding hydrogens is 525 g/mol. The summed E-state index contributed by atoms with van der Waals surface area (Å²) in [6.45, 7) is 7.44. The highest BCUT2D eigenvalue weighted by Crippen LogP contribution is 2.67. The monoisotopic (exact) mass is 566 g/mol. The molecule has 33 heavy (non-hydrogen) atoms. The number of hydrogen-bond donors (Lipinski definition) is 0. The molecule has 5 rings (SSSR count). The zero-order valence-electron chi connectivity index (χ0n) is 20.8. The summed E-state index contributed by atoms with van der Waals surface area (Å²) >= 11 is 0. The van der Waals surface area contributed by atoms with Gasteiger partial charge in [0, 0.05) is 19.5 Å². The topological polar surface area (TPSA) is 46.6 Å². The highest BCUT2D eigenvalue weighted by atomic mass is 127. The molecule has 4 fully saturated rings. The summed E-state index contributed by atoms with van der Waals surface area (Å²) in [6, 6.07) is 0. The molecule has 184 valence electrons. The van der Waals surface area contributed by atoms with Gasteiger partial charge in [-0.25, -0.2) is 4.79 Å². The van der Waals surface area contributed by atoms with Crippen molar-refractivity contribution in [2.24, 2.45) is 40.4 Å². The smallest absolute Gasteiger partial charge is 0.336 e. The molecule has 0 aromatic heterocycles. The van der Waals surface area contributed by atoms with Crippen LogP contribution in [0.4, 0.5) is 0 Å². The molecule has 0 amide bonds. The van der Waals surface area contributed by atoms with Gasteiger partial charge in [0.1, 0.15) is 11.9 Å². The number of carbonyl (C=O) groups excluding carboxylic acids is 2. The molecule has 1 heterocycles. The minimum absolute atomic E-state index is 0. The number of rotatable bonds is 3. The van der Waals surface area contributed by atoms with Crippen molar-refractivity contribution in [3.8, 4) is 0 Å². The molecule has 4 aliphatic carbocycles. The van der Waals surface area contributed by atoms with Gasteiger partial charge in [0.15, 0.2) is 0 Å². The number of hydrogen-bond acceptors (Lipinski definition) is 4. The molecule has 0 spiro atoms. The summed E-state index contributed by atoms with van der Waals surface area (Å²) < 4.78 is 6.03. The number of esters is 1. The first-order chi connectivity index (χ1) is 15.2. The SMILES string of the molecule is CC(=O)[C@H]1CC[C@H]2[C@@H]3CC[C@H]4C[C@H](OC(=O)C5=CC=CN(C)C5)CC[C@]4(C)[C@H]3CC[C@]12C.[I-]. The lowest BCUT2D eigenvalue weighted by Gasteiger charge is -2.61. The molecular formula is C28H41INO3-. The van der Waals surface area contributed by atoms with Crippen molar-refractivity contribution >= 4 is 11.8 Å². The van der Waals surface area contributed by atoms with Gasteiger partial charge >= 0.3 is 5.97 Å². The van der Waals surface area contributed by atoms with Crippen LogP contribution < -0.4 is 24.0 Å². The van der Waals surface area contributed by atoms with E-state index in [0.29, 0.717) is 23.7 Å². The van der Waals surface area contributed by atoms with Gasteiger partial charge in [0.2, 0.25) is 0 Å². The van der Waals surface area contributed by atoms with Crippen molar-refractivity contribution in [2.75, 3.05) is 13.6 Å². The Balaban J connectivity index is 0.00000259. The van der Waals surface area contributed by atoms with Gasteiger partial charge in [0.25, 0.3) is 0 Å². The number of allylic oxidation sites excluding steroid dienone is 2. The normalized spacial score (nSPS) is 44.0. The summed E-state index contributed by atoms with van der Waals surface area (Å²) in [5.74, 6) is 3.54. The lowest BCUT2D eigenvalue weighted by Crippen LogP contribution is -3.00. The van der Waals surface area contributed by atoms with Crippen molar-refractivity contribution in [3.63, 3.8) is 0 Å². The van der Waals surface area contributed by atoms with E-state index < -0.39 is 0 Å². The van der Waals surface area contributed by atoms with Crippen LogP contribution in [-0.2, 0) is 14.3 Å². The third kappa shape index (κ3) is 4.23. The van der Waals surface area contributed by atoms with E-state index in [9.17, 15) is 9.59 Å². The minimum Gasteiger partial charge on any atom is -1.00 e. The Morgan fingerprint density at radius 1 is 1.00 bits per heavy atom. The number of likely N-dealkylation sites (N-methyl/N-ethyl adjacent to an activating group) is 1. The maximum Gasteiger partial charge on any atom is 0.336 e. The van der Waals surface area contributed by atoms with Crippen LogP contribution in [0.1, 0.15) is 78.6 Å². The van der Waals surface area contributed by atoms with E-state index in [-0.39, 0.29) is 47.4 Å². The summed E-state index contributed by atoms with van der Waals surface area (Å²) in [7, 11) is 1.99. The molecule has 0 aromatic carbocycles. The zero-order valence-corrected chi connectivity index (χ0v) is 23.0. The van der Waals surface area contributed by atoms with E-state index in [1.54, 1.807) is 0 Å². The van der Waals surface area contributed by atoms with Crippen LogP contribution in [0.5, 0.6) is 0 Å². The standard InChI is InChI=1S/C28H41NO3.HI/c1-18(30)23-9-10-24-22-8-7-20-16-21(32-26(31)19-6-5-15-29(4)17-19)11-13-27(20,2)25(22)12-14-28(23,24)3;/h5-6,15,20-25H,7-14,16-17H2,1-4H3;1H/p-1/t20-,21+,22-,23+,24-,25-,27-,28+;/m0./s1. The highest BCUT2D eigenvalue weighted by Gasteiger charge is 2.60. The van der Waals surface area contributed by atoms with Crippen molar-refractivity contribution < 1.29 is 38.3 Å². The molecule has 8 atom stereocenters. The Morgan fingerprint density at radius 3 is 2.45 bits per heavy atom. The van der Waals surface area contributed by atoms with Crippen LogP contribution in [0.15, 0.2) is 23.9 Å². The number of ketones is 1. The molecule has 5 aliphatic rings. The van der Waals surface area contributed by atoms with Gasteiger partial charge in [0.05, 0.1) is 5.57 Å². The minimum atomic E-state index is -0.127. The molecule has 0 aromatic rings. The highest BCUT2D eigenvalue weighted by molar-refractivity contribution is 5.89. The van der Waals surface area contributed by atoms with E-state index in [2.05, 4.69) is 13.8 Å². The quantitative estimate of drug-likeness (QED) is 0.390. The van der Waals surface area contributed by atoms with E-state index in [1.165, 1.54) is 38.5 Å². The first-order valence-corrected chi connectivity index (χ1v) is 13.0. The van der Waals surface area contributed by atoms with Crippen molar-refractivity contribution in [1.82, 2.24) is 4.90 Å². The second-order valence-electron chi connectivity index (χ2n) is 12.2. The Morgan fingerprint density at radius 2 is 1.73 bits per heavy atom. The Kier molecular flexibility index (Phi) is 7.12. The van der Waals surface area contributed by atoms with Crippen molar-refractivity contribution in [1.29, 1.82) is 0 Å². The Bertz CT molecular complexity index is 852. The van der Waals surface area contributed by atoms with Gasteiger partial charge in [-0.05, 0) is 118 Å². The van der Waals surface area contributed by atoms with Crippen molar-refractivity contribution in [3.05, 3.63) is 23.9 Å². The maximum absolute atomic E-state index is 12.7. The first kappa shape index (κ1) is 25.2. The molecule has 5 heteroatoms. The average molecular weight is 567 g/mol. The third-order valence-corrected chi connectivity index (χ3v) is 10.7. The lowest BCUT2D eigenvalue weighted by molar-refractivity contribution is -0.159. The molecule has 4 nitrogen and oxygen atoms in total. The number of fused-ring (bicyclic) bond motifs is 5. The number of Topliss-reactive ketones (excluding diaryl/α,β-unsaturated/α-hetero) is 1. The van der Waals surface area contributed by atoms with Gasteiger partial charge in [-0.1, -0.05) is 13.8 Å². The van der Waals surface area contributed by atoms with E-state index >= 15 is 0 Å². The second-order valence-corrected chi connectivity index (χ2v) is 12.2. The molecule has 1 aliphatic heterocycles. The summed E-state index contributed by atoms with van der Waals surface area (Å²) in [5.41, 5.74) is 1.37. The van der Waals surface area contributed by atoms with Crippen LogP contribution >= 0.6 is 0 Å². The third-order valence-electron chi connectivity index (χ3n) is 10.7. The fourth-order valence-electron chi connectivity index (χ4n) is 9.03. The predicted molar refractivity (Wildman–Crippen MR) is 126 cm³/mol. The fourth-order valence-corrected chi connectivity index (χ4v) is 9.03. The zero-order chi connectivity index (χ0) is 22.7. The molecule has 0 bridgehead atoms. The van der Waals surface area contributed by atoms with Crippen LogP contribution in [0.3, 0.4) is 0 Å². The number of nitrogens with zero attached hydrogens (tertiary/aromatic N) is 1. The number of ether oxygens (including phenoxy) is 1. The molecule has 0 saturated heterocycles. The van der Waals surface area contributed by atoms with Gasteiger partial charge in [-0.15, -0.1) is 0 Å². The van der Waals surface area contributed by atoms with Gasteiger partial charge < -0.3 is 33.6 Å². The average Bonchev–Trinajstić information content (AvgIpc) is 3.11. The largest absolute Gasteiger partial charge is 1.00 e. The second kappa shape index (κ2) is 9.31.